The third kappa shape index (κ3) is 8.03. The van der Waals surface area contributed by atoms with Crippen molar-refractivity contribution in [2.75, 3.05) is 12.4 Å². The van der Waals surface area contributed by atoms with Gasteiger partial charge in [-0.3, -0.25) is 0 Å². The molecule has 0 aromatic heterocycles. The third-order valence-electron chi connectivity index (χ3n) is 7.73. The summed E-state index contributed by atoms with van der Waals surface area (Å²) in [5, 5.41) is 3.34. The molecule has 0 saturated carbocycles. The zero-order chi connectivity index (χ0) is 23.0. The number of rotatable bonds is 13. The molecule has 1 aliphatic heterocycles. The predicted molar refractivity (Wildman–Crippen MR) is 138 cm³/mol. The summed E-state index contributed by atoms with van der Waals surface area (Å²) >= 11 is 0. The van der Waals surface area contributed by atoms with E-state index in [2.05, 4.69) is 59.8 Å². The maximum atomic E-state index is 6.65. The molecule has 2 rings (SSSR count). The van der Waals surface area contributed by atoms with E-state index in [4.69, 9.17) is 4.74 Å². The van der Waals surface area contributed by atoms with Crippen molar-refractivity contribution < 1.29 is 4.74 Å². The lowest BCUT2D eigenvalue weighted by atomic mass is 9.85. The molecule has 0 radical (unpaired) electrons. The van der Waals surface area contributed by atoms with E-state index in [0.717, 1.165) is 36.3 Å². The van der Waals surface area contributed by atoms with Crippen LogP contribution in [0.5, 0.6) is 5.75 Å². The third-order valence-corrected chi connectivity index (χ3v) is 7.73. The zero-order valence-electron chi connectivity index (χ0n) is 22.0. The van der Waals surface area contributed by atoms with Crippen LogP contribution < -0.4 is 10.1 Å². The van der Waals surface area contributed by atoms with Crippen LogP contribution in [-0.2, 0) is 6.42 Å². The number of ether oxygens (including phenoxy) is 1. The van der Waals surface area contributed by atoms with Gasteiger partial charge in [0.1, 0.15) is 11.4 Å². The van der Waals surface area contributed by atoms with Crippen LogP contribution in [-0.4, -0.2) is 12.6 Å². The van der Waals surface area contributed by atoms with Crippen molar-refractivity contribution in [1.82, 2.24) is 0 Å². The van der Waals surface area contributed by atoms with E-state index in [0.29, 0.717) is 0 Å². The molecule has 3 atom stereocenters. The minimum absolute atomic E-state index is 0.00396. The predicted octanol–water partition coefficient (Wildman–Crippen LogP) is 8.87. The smallest absolute Gasteiger partial charge is 0.126 e. The number of nitrogens with one attached hydrogen (secondary N) is 1. The van der Waals surface area contributed by atoms with Gasteiger partial charge in [0, 0.05) is 12.7 Å². The number of hydrogen-bond donors (Lipinski definition) is 1. The van der Waals surface area contributed by atoms with Crippen LogP contribution in [0.15, 0.2) is 6.07 Å². The largest absolute Gasteiger partial charge is 0.487 e. The van der Waals surface area contributed by atoms with E-state index in [9.17, 15) is 0 Å². The molecule has 0 amide bonds. The summed E-state index contributed by atoms with van der Waals surface area (Å²) in [6, 6.07) is 2.29. The molecular weight excluding hydrogens is 378 g/mol. The molecule has 1 aliphatic rings. The molecule has 0 fully saturated rings. The van der Waals surface area contributed by atoms with E-state index in [1.807, 2.05) is 7.05 Å². The number of fused-ring (bicyclic) bond motifs is 1. The van der Waals surface area contributed by atoms with E-state index >= 15 is 0 Å². The molecule has 1 aromatic carbocycles. The topological polar surface area (TPSA) is 21.3 Å². The van der Waals surface area contributed by atoms with Crippen LogP contribution in [0.3, 0.4) is 0 Å². The Morgan fingerprint density at radius 1 is 0.903 bits per heavy atom. The molecule has 0 unspecified atom stereocenters. The highest BCUT2D eigenvalue weighted by Gasteiger charge is 2.32. The van der Waals surface area contributed by atoms with Gasteiger partial charge in [-0.15, -0.1) is 0 Å². The minimum Gasteiger partial charge on any atom is -0.487 e. The summed E-state index contributed by atoms with van der Waals surface area (Å²) in [6.07, 6.45) is 14.5. The normalized spacial score (nSPS) is 20.3. The quantitative estimate of drug-likeness (QED) is 0.338. The lowest BCUT2D eigenvalue weighted by molar-refractivity contribution is 0.0516. The fourth-order valence-electron chi connectivity index (χ4n) is 5.22. The summed E-state index contributed by atoms with van der Waals surface area (Å²) in [5.74, 6) is 3.75. The first kappa shape index (κ1) is 26.1. The Bertz CT molecular complexity index is 680. The second-order valence-electron chi connectivity index (χ2n) is 11.3. The van der Waals surface area contributed by atoms with Gasteiger partial charge in [0.25, 0.3) is 0 Å². The molecule has 0 bridgehead atoms. The lowest BCUT2D eigenvalue weighted by Gasteiger charge is -2.37. The summed E-state index contributed by atoms with van der Waals surface area (Å²) in [6.45, 7) is 16.3. The first-order valence-corrected chi connectivity index (χ1v) is 13.1. The van der Waals surface area contributed by atoms with Crippen molar-refractivity contribution in [1.29, 1.82) is 0 Å². The van der Waals surface area contributed by atoms with Crippen LogP contribution in [0.1, 0.15) is 116 Å². The van der Waals surface area contributed by atoms with Crippen LogP contribution >= 0.6 is 0 Å². The summed E-state index contributed by atoms with van der Waals surface area (Å²) in [7, 11) is 2.01. The molecular formula is C29H51NO. The maximum absolute atomic E-state index is 6.65. The Hall–Kier alpha value is -1.18. The van der Waals surface area contributed by atoms with E-state index in [1.54, 1.807) is 0 Å². The summed E-state index contributed by atoms with van der Waals surface area (Å²) in [4.78, 5) is 0. The van der Waals surface area contributed by atoms with Gasteiger partial charge in [0.2, 0.25) is 0 Å². The SMILES string of the molecule is CNc1cc2c(c(C)c1C)O[C@](C)(CCC[C@H](C)CCC[C@H](C)CCCC(C)C)CC2. The molecule has 1 N–H and O–H groups in total. The Balaban J connectivity index is 1.72. The fraction of sp³-hybridized carbons (Fsp3) is 0.793. The van der Waals surface area contributed by atoms with Gasteiger partial charge >= 0.3 is 0 Å². The average Bonchev–Trinajstić information content (AvgIpc) is 2.71. The highest BCUT2D eigenvalue weighted by Crippen LogP contribution is 2.41. The molecule has 1 aromatic rings. The molecule has 0 spiro atoms. The van der Waals surface area contributed by atoms with E-state index in [-0.39, 0.29) is 5.60 Å². The average molecular weight is 430 g/mol. The monoisotopic (exact) mass is 429 g/mol. The van der Waals surface area contributed by atoms with Crippen LogP contribution in [0, 0.1) is 31.6 Å². The molecule has 2 nitrogen and oxygen atoms in total. The van der Waals surface area contributed by atoms with E-state index in [1.165, 1.54) is 80.2 Å². The Morgan fingerprint density at radius 2 is 1.48 bits per heavy atom. The van der Waals surface area contributed by atoms with Crippen molar-refractivity contribution in [3.05, 3.63) is 22.8 Å². The fourth-order valence-corrected chi connectivity index (χ4v) is 5.22. The zero-order valence-corrected chi connectivity index (χ0v) is 22.0. The van der Waals surface area contributed by atoms with Gasteiger partial charge in [-0.1, -0.05) is 72.6 Å². The molecule has 178 valence electrons. The molecule has 2 heteroatoms. The minimum atomic E-state index is -0.00396. The van der Waals surface area contributed by atoms with Crippen LogP contribution in [0.2, 0.25) is 0 Å². The Labute approximate surface area is 193 Å². The highest BCUT2D eigenvalue weighted by molar-refractivity contribution is 5.62. The van der Waals surface area contributed by atoms with Crippen LogP contribution in [0.4, 0.5) is 5.69 Å². The lowest BCUT2D eigenvalue weighted by Crippen LogP contribution is -2.36. The molecule has 0 saturated heterocycles. The number of benzene rings is 1. The van der Waals surface area contributed by atoms with Gasteiger partial charge in [-0.2, -0.15) is 0 Å². The van der Waals surface area contributed by atoms with Gasteiger partial charge in [0.05, 0.1) is 0 Å². The van der Waals surface area contributed by atoms with Crippen molar-refractivity contribution in [3.8, 4) is 5.75 Å². The molecule has 0 aliphatic carbocycles. The summed E-state index contributed by atoms with van der Waals surface area (Å²) < 4.78 is 6.65. The second-order valence-corrected chi connectivity index (χ2v) is 11.3. The van der Waals surface area contributed by atoms with Crippen molar-refractivity contribution in [3.63, 3.8) is 0 Å². The van der Waals surface area contributed by atoms with Gasteiger partial charge in [-0.25, -0.2) is 0 Å². The van der Waals surface area contributed by atoms with Crippen molar-refractivity contribution in [2.24, 2.45) is 17.8 Å². The first-order valence-electron chi connectivity index (χ1n) is 13.1. The van der Waals surface area contributed by atoms with Crippen molar-refractivity contribution in [2.45, 2.75) is 125 Å². The first-order chi connectivity index (χ1) is 14.6. The Morgan fingerprint density at radius 3 is 2.06 bits per heavy atom. The second kappa shape index (κ2) is 12.2. The van der Waals surface area contributed by atoms with Gasteiger partial charge < -0.3 is 10.1 Å². The number of anilines is 1. The Kier molecular flexibility index (Phi) is 10.2. The van der Waals surface area contributed by atoms with E-state index < -0.39 is 0 Å². The number of hydrogen-bond acceptors (Lipinski definition) is 2. The molecule has 1 heterocycles. The summed E-state index contributed by atoms with van der Waals surface area (Å²) in [5.41, 5.74) is 5.24. The van der Waals surface area contributed by atoms with Gasteiger partial charge in [0.15, 0.2) is 0 Å². The standard InChI is InChI=1S/C29H51NO/c1-21(2)12-9-13-22(3)14-10-15-23(4)16-11-18-29(7)19-17-26-20-27(30-8)24(5)25(6)28(26)31-29/h20-23,30H,9-19H2,1-8H3/t22-,23-,29-/m1/s1. The number of aryl methyl sites for hydroxylation is 1. The van der Waals surface area contributed by atoms with Crippen molar-refractivity contribution >= 4 is 5.69 Å². The van der Waals surface area contributed by atoms with Crippen LogP contribution in [0.25, 0.3) is 0 Å². The highest BCUT2D eigenvalue weighted by atomic mass is 16.5. The maximum Gasteiger partial charge on any atom is 0.126 e. The van der Waals surface area contributed by atoms with Gasteiger partial charge in [-0.05, 0) is 87.0 Å². The molecule has 31 heavy (non-hydrogen) atoms.